The van der Waals surface area contributed by atoms with Crippen molar-refractivity contribution in [3.63, 3.8) is 0 Å². The van der Waals surface area contributed by atoms with Crippen LogP contribution in [0.15, 0.2) is 73.8 Å². The number of ether oxygens (including phenoxy) is 2. The molecule has 0 saturated heterocycles. The number of rotatable bonds is 6. The van der Waals surface area contributed by atoms with Crippen molar-refractivity contribution in [2.45, 2.75) is 31.1 Å². The van der Waals surface area contributed by atoms with E-state index in [-0.39, 0.29) is 5.41 Å². The first-order valence-electron chi connectivity index (χ1n) is 8.97. The highest BCUT2D eigenvalue weighted by molar-refractivity contribution is 5.83. The van der Waals surface area contributed by atoms with E-state index in [1.807, 2.05) is 48.5 Å². The predicted molar refractivity (Wildman–Crippen MR) is 104 cm³/mol. The fourth-order valence-electron chi connectivity index (χ4n) is 3.72. The van der Waals surface area contributed by atoms with E-state index in [4.69, 9.17) is 9.47 Å². The second-order valence-electron chi connectivity index (χ2n) is 6.59. The van der Waals surface area contributed by atoms with Crippen LogP contribution in [-0.2, 0) is 15.0 Å². The molecule has 1 saturated carbocycles. The summed E-state index contributed by atoms with van der Waals surface area (Å²) in [6.07, 6.45) is 6.69. The van der Waals surface area contributed by atoms with E-state index in [1.165, 1.54) is 11.1 Å². The standard InChI is InChI=1S/C23H22O4/c1-3-21(24)26-19-11-7-17(8-12-19)23(15-5-6-16-23)18-9-13-20(14-10-18)27-22(25)4-2/h3-4,7-14H,1-2,5-6,15-16H2. The summed E-state index contributed by atoms with van der Waals surface area (Å²) < 4.78 is 10.3. The second kappa shape index (κ2) is 8.04. The molecule has 1 fully saturated rings. The van der Waals surface area contributed by atoms with Crippen molar-refractivity contribution in [2.24, 2.45) is 0 Å². The smallest absolute Gasteiger partial charge is 0.335 e. The Bertz CT molecular complexity index is 773. The van der Waals surface area contributed by atoms with Crippen LogP contribution < -0.4 is 9.47 Å². The molecule has 4 nitrogen and oxygen atoms in total. The van der Waals surface area contributed by atoms with Crippen LogP contribution in [-0.4, -0.2) is 11.9 Å². The van der Waals surface area contributed by atoms with Crippen LogP contribution in [0.25, 0.3) is 0 Å². The molecule has 0 atom stereocenters. The van der Waals surface area contributed by atoms with Crippen LogP contribution >= 0.6 is 0 Å². The van der Waals surface area contributed by atoms with Crippen molar-refractivity contribution in [3.8, 4) is 11.5 Å². The monoisotopic (exact) mass is 362 g/mol. The van der Waals surface area contributed by atoms with Crippen molar-refractivity contribution < 1.29 is 19.1 Å². The topological polar surface area (TPSA) is 52.6 Å². The summed E-state index contributed by atoms with van der Waals surface area (Å²) in [7, 11) is 0. The molecule has 0 aliphatic heterocycles. The van der Waals surface area contributed by atoms with Gasteiger partial charge in [0.2, 0.25) is 0 Å². The zero-order valence-electron chi connectivity index (χ0n) is 15.1. The van der Waals surface area contributed by atoms with E-state index < -0.39 is 11.9 Å². The number of carbonyl (C=O) groups excluding carboxylic acids is 2. The molecule has 1 aliphatic rings. The van der Waals surface area contributed by atoms with Gasteiger partial charge in [-0.2, -0.15) is 0 Å². The highest BCUT2D eigenvalue weighted by Crippen LogP contribution is 2.47. The fraction of sp³-hybridized carbons (Fsp3) is 0.217. The Balaban J connectivity index is 1.87. The Morgan fingerprint density at radius 3 is 1.44 bits per heavy atom. The van der Waals surface area contributed by atoms with Gasteiger partial charge >= 0.3 is 11.9 Å². The van der Waals surface area contributed by atoms with Crippen molar-refractivity contribution in [1.29, 1.82) is 0 Å². The quantitative estimate of drug-likeness (QED) is 0.423. The highest BCUT2D eigenvalue weighted by Gasteiger charge is 2.37. The molecular weight excluding hydrogens is 340 g/mol. The Hall–Kier alpha value is -3.14. The van der Waals surface area contributed by atoms with Crippen LogP contribution in [0.5, 0.6) is 11.5 Å². The van der Waals surface area contributed by atoms with Gasteiger partial charge in [0.15, 0.2) is 0 Å². The Morgan fingerprint density at radius 1 is 0.741 bits per heavy atom. The van der Waals surface area contributed by atoms with E-state index in [0.717, 1.165) is 37.8 Å². The maximum atomic E-state index is 11.4. The van der Waals surface area contributed by atoms with Gasteiger partial charge in [-0.3, -0.25) is 0 Å². The SMILES string of the molecule is C=CC(=O)Oc1ccc(C2(c3ccc(OC(=O)C=C)cc3)CCCC2)cc1. The van der Waals surface area contributed by atoms with Crippen LogP contribution in [0.3, 0.4) is 0 Å². The zero-order chi connectivity index (χ0) is 19.3. The Labute approximate surface area is 159 Å². The van der Waals surface area contributed by atoms with Crippen LogP contribution in [0.4, 0.5) is 0 Å². The van der Waals surface area contributed by atoms with Gasteiger partial charge in [-0.25, -0.2) is 9.59 Å². The molecule has 2 aromatic carbocycles. The molecule has 0 radical (unpaired) electrons. The van der Waals surface area contributed by atoms with E-state index in [0.29, 0.717) is 11.5 Å². The van der Waals surface area contributed by atoms with Crippen LogP contribution in [0.1, 0.15) is 36.8 Å². The lowest BCUT2D eigenvalue weighted by Gasteiger charge is -2.30. The van der Waals surface area contributed by atoms with E-state index in [2.05, 4.69) is 13.2 Å². The fourth-order valence-corrected chi connectivity index (χ4v) is 3.72. The van der Waals surface area contributed by atoms with Crippen LogP contribution in [0.2, 0.25) is 0 Å². The van der Waals surface area contributed by atoms with Crippen molar-refractivity contribution in [2.75, 3.05) is 0 Å². The summed E-state index contributed by atoms with van der Waals surface area (Å²) in [5.41, 5.74) is 2.30. The minimum Gasteiger partial charge on any atom is -0.423 e. The first-order chi connectivity index (χ1) is 13.1. The molecule has 0 aromatic heterocycles. The van der Waals surface area contributed by atoms with E-state index in [1.54, 1.807) is 0 Å². The van der Waals surface area contributed by atoms with Crippen molar-refractivity contribution >= 4 is 11.9 Å². The highest BCUT2D eigenvalue weighted by atomic mass is 16.5. The predicted octanol–water partition coefficient (Wildman–Crippen LogP) is 4.73. The Kier molecular flexibility index (Phi) is 5.55. The molecule has 0 bridgehead atoms. The summed E-state index contributed by atoms with van der Waals surface area (Å²) in [5.74, 6) is 0.0675. The molecule has 4 heteroatoms. The van der Waals surface area contributed by atoms with E-state index in [9.17, 15) is 9.59 Å². The van der Waals surface area contributed by atoms with Gasteiger partial charge in [0.25, 0.3) is 0 Å². The molecule has 27 heavy (non-hydrogen) atoms. The van der Waals surface area contributed by atoms with E-state index >= 15 is 0 Å². The first kappa shape index (κ1) is 18.6. The third-order valence-electron chi connectivity index (χ3n) is 5.04. The average molecular weight is 362 g/mol. The molecule has 0 spiro atoms. The van der Waals surface area contributed by atoms with Gasteiger partial charge in [-0.1, -0.05) is 50.3 Å². The van der Waals surface area contributed by atoms with Gasteiger partial charge in [0, 0.05) is 17.6 Å². The third kappa shape index (κ3) is 4.00. The lowest BCUT2D eigenvalue weighted by Crippen LogP contribution is -2.23. The summed E-state index contributed by atoms with van der Waals surface area (Å²) in [6.45, 7) is 6.81. The number of hydrogen-bond donors (Lipinski definition) is 0. The molecule has 3 rings (SSSR count). The maximum Gasteiger partial charge on any atom is 0.335 e. The van der Waals surface area contributed by atoms with Gasteiger partial charge in [-0.15, -0.1) is 0 Å². The minimum atomic E-state index is -0.469. The third-order valence-corrected chi connectivity index (χ3v) is 5.04. The van der Waals surface area contributed by atoms with Crippen molar-refractivity contribution in [1.82, 2.24) is 0 Å². The van der Waals surface area contributed by atoms with Crippen molar-refractivity contribution in [3.05, 3.63) is 85.0 Å². The molecule has 1 aliphatic carbocycles. The minimum absolute atomic E-state index is 0.0814. The summed E-state index contributed by atoms with van der Waals surface area (Å²) in [6, 6.07) is 15.3. The largest absolute Gasteiger partial charge is 0.423 e. The molecule has 0 heterocycles. The number of hydrogen-bond acceptors (Lipinski definition) is 4. The first-order valence-corrected chi connectivity index (χ1v) is 8.97. The van der Waals surface area contributed by atoms with Gasteiger partial charge in [-0.05, 0) is 48.2 Å². The number of carbonyl (C=O) groups is 2. The summed E-state index contributed by atoms with van der Waals surface area (Å²) in [4.78, 5) is 22.7. The molecule has 138 valence electrons. The number of esters is 2. The zero-order valence-corrected chi connectivity index (χ0v) is 15.1. The molecule has 2 aromatic rings. The average Bonchev–Trinajstić information content (AvgIpc) is 3.20. The lowest BCUT2D eigenvalue weighted by molar-refractivity contribution is -0.129. The normalized spacial score (nSPS) is 15.0. The second-order valence-corrected chi connectivity index (χ2v) is 6.59. The van der Waals surface area contributed by atoms with Gasteiger partial charge in [0.1, 0.15) is 11.5 Å². The lowest BCUT2D eigenvalue weighted by atomic mass is 9.73. The summed E-state index contributed by atoms with van der Waals surface area (Å²) in [5, 5.41) is 0. The molecular formula is C23H22O4. The molecule has 0 unspecified atom stereocenters. The number of benzene rings is 2. The van der Waals surface area contributed by atoms with Crippen LogP contribution in [0, 0.1) is 0 Å². The molecule has 0 N–H and O–H groups in total. The maximum absolute atomic E-state index is 11.4. The molecule has 0 amide bonds. The summed E-state index contributed by atoms with van der Waals surface area (Å²) >= 11 is 0. The Morgan fingerprint density at radius 2 is 1.11 bits per heavy atom. The van der Waals surface area contributed by atoms with Gasteiger partial charge in [0.05, 0.1) is 0 Å². The van der Waals surface area contributed by atoms with Gasteiger partial charge < -0.3 is 9.47 Å².